The molecule has 2 aromatic rings. The molecule has 0 atom stereocenters. The number of hydrogen-bond donors (Lipinski definition) is 1. The van der Waals surface area contributed by atoms with Gasteiger partial charge in [0.1, 0.15) is 5.75 Å². The Kier molecular flexibility index (Phi) is 3.97. The van der Waals surface area contributed by atoms with E-state index >= 15 is 0 Å². The van der Waals surface area contributed by atoms with Gasteiger partial charge in [-0.25, -0.2) is 0 Å². The number of benzene rings is 1. The van der Waals surface area contributed by atoms with Crippen molar-refractivity contribution in [3.05, 3.63) is 29.7 Å². The third-order valence-corrected chi connectivity index (χ3v) is 3.40. The highest BCUT2D eigenvalue weighted by Gasteiger charge is 2.15. The van der Waals surface area contributed by atoms with Crippen molar-refractivity contribution in [1.82, 2.24) is 15.5 Å². The second kappa shape index (κ2) is 6.05. The molecule has 5 nitrogen and oxygen atoms in total. The van der Waals surface area contributed by atoms with Crippen LogP contribution in [0.1, 0.15) is 24.8 Å². The molecule has 1 N–H and O–H groups in total. The van der Waals surface area contributed by atoms with Crippen molar-refractivity contribution >= 4 is 0 Å². The summed E-state index contributed by atoms with van der Waals surface area (Å²) in [7, 11) is 0. The molecule has 0 bridgehead atoms. The molecule has 1 aromatic heterocycles. The van der Waals surface area contributed by atoms with Gasteiger partial charge in [-0.3, -0.25) is 0 Å². The predicted octanol–water partition coefficient (Wildman–Crippen LogP) is 2.21. The van der Waals surface area contributed by atoms with Crippen LogP contribution < -0.4 is 10.1 Å². The highest BCUT2D eigenvalue weighted by Crippen LogP contribution is 2.29. The molecule has 3 rings (SSSR count). The summed E-state index contributed by atoms with van der Waals surface area (Å²) >= 11 is 0. The fraction of sp³-hybridized carbons (Fsp3) is 0.467. The van der Waals surface area contributed by atoms with Gasteiger partial charge < -0.3 is 14.5 Å². The van der Waals surface area contributed by atoms with E-state index in [0.29, 0.717) is 11.8 Å². The van der Waals surface area contributed by atoms with E-state index in [4.69, 9.17) is 9.15 Å². The summed E-state index contributed by atoms with van der Waals surface area (Å²) in [5.41, 5.74) is 2.19. The van der Waals surface area contributed by atoms with Gasteiger partial charge in [-0.2, -0.15) is 0 Å². The van der Waals surface area contributed by atoms with Crippen LogP contribution in [-0.4, -0.2) is 29.9 Å². The van der Waals surface area contributed by atoms with Crippen LogP contribution in [0.25, 0.3) is 11.5 Å². The number of ether oxygens (including phenoxy) is 1. The maximum Gasteiger partial charge on any atom is 0.247 e. The van der Waals surface area contributed by atoms with Crippen LogP contribution >= 0.6 is 0 Å². The number of aromatic nitrogens is 2. The fourth-order valence-electron chi connectivity index (χ4n) is 2.33. The van der Waals surface area contributed by atoms with Gasteiger partial charge in [0.05, 0.1) is 6.61 Å². The van der Waals surface area contributed by atoms with Gasteiger partial charge in [-0.05, 0) is 43.3 Å². The van der Waals surface area contributed by atoms with Gasteiger partial charge in [0.2, 0.25) is 11.8 Å². The van der Waals surface area contributed by atoms with Gasteiger partial charge in [0, 0.05) is 18.4 Å². The van der Waals surface area contributed by atoms with Crippen LogP contribution in [0.15, 0.2) is 22.6 Å². The van der Waals surface area contributed by atoms with Gasteiger partial charge in [0.15, 0.2) is 0 Å². The number of hydrogen-bond acceptors (Lipinski definition) is 5. The van der Waals surface area contributed by atoms with Crippen molar-refractivity contribution in [2.24, 2.45) is 0 Å². The first-order valence-corrected chi connectivity index (χ1v) is 7.16. The summed E-state index contributed by atoms with van der Waals surface area (Å²) in [5.74, 6) is 2.27. The Balaban J connectivity index is 1.67. The van der Waals surface area contributed by atoms with Crippen LogP contribution in [0.4, 0.5) is 0 Å². The molecule has 0 unspecified atom stereocenters. The molecule has 0 fully saturated rings. The number of aryl methyl sites for hydroxylation is 1. The number of nitrogens with zero attached hydrogens (tertiary/aromatic N) is 2. The molecule has 0 amide bonds. The topological polar surface area (TPSA) is 60.2 Å². The molecule has 0 aliphatic carbocycles. The minimum Gasteiger partial charge on any atom is -0.493 e. The van der Waals surface area contributed by atoms with E-state index in [0.717, 1.165) is 50.3 Å². The Bertz CT molecular complexity index is 580. The monoisotopic (exact) mass is 273 g/mol. The average Bonchev–Trinajstić information content (AvgIpc) is 3.11. The van der Waals surface area contributed by atoms with Crippen molar-refractivity contribution in [2.45, 2.75) is 26.2 Å². The van der Waals surface area contributed by atoms with Crippen molar-refractivity contribution in [1.29, 1.82) is 0 Å². The van der Waals surface area contributed by atoms with Crippen molar-refractivity contribution in [3.63, 3.8) is 0 Å². The van der Waals surface area contributed by atoms with Crippen molar-refractivity contribution < 1.29 is 9.15 Å². The summed E-state index contributed by atoms with van der Waals surface area (Å²) in [6, 6.07) is 6.03. The minimum atomic E-state index is 0.596. The zero-order chi connectivity index (χ0) is 13.8. The van der Waals surface area contributed by atoms with Crippen molar-refractivity contribution in [3.8, 4) is 17.2 Å². The molecule has 1 aliphatic heterocycles. The van der Waals surface area contributed by atoms with Crippen molar-refractivity contribution in [2.75, 3.05) is 19.7 Å². The van der Waals surface area contributed by atoms with Crippen LogP contribution in [-0.2, 0) is 12.8 Å². The Morgan fingerprint density at radius 1 is 1.30 bits per heavy atom. The Hall–Kier alpha value is -1.88. The quantitative estimate of drug-likeness (QED) is 0.818. The van der Waals surface area contributed by atoms with E-state index in [-0.39, 0.29) is 0 Å². The lowest BCUT2D eigenvalue weighted by molar-refractivity contribution is 0.357. The zero-order valence-corrected chi connectivity index (χ0v) is 11.7. The number of rotatable bonds is 6. The largest absolute Gasteiger partial charge is 0.493 e. The SMILES string of the molecule is CCNCCCc1nnc(-c2ccc3c(c2)CCO3)o1. The summed E-state index contributed by atoms with van der Waals surface area (Å²) in [5, 5.41) is 11.5. The lowest BCUT2D eigenvalue weighted by atomic mass is 10.1. The highest BCUT2D eigenvalue weighted by molar-refractivity contribution is 5.57. The summed E-state index contributed by atoms with van der Waals surface area (Å²) in [4.78, 5) is 0. The number of fused-ring (bicyclic) bond motifs is 1. The lowest BCUT2D eigenvalue weighted by Gasteiger charge is -2.00. The molecule has 0 saturated carbocycles. The first kappa shape index (κ1) is 13.1. The Morgan fingerprint density at radius 3 is 3.15 bits per heavy atom. The van der Waals surface area contributed by atoms with Gasteiger partial charge >= 0.3 is 0 Å². The fourth-order valence-corrected chi connectivity index (χ4v) is 2.33. The minimum absolute atomic E-state index is 0.596. The third kappa shape index (κ3) is 2.82. The van der Waals surface area contributed by atoms with Crippen LogP contribution in [0.3, 0.4) is 0 Å². The van der Waals surface area contributed by atoms with Gasteiger partial charge in [0.25, 0.3) is 0 Å². The molecule has 20 heavy (non-hydrogen) atoms. The molecular weight excluding hydrogens is 254 g/mol. The standard InChI is InChI=1S/C15H19N3O2/c1-2-16-8-3-4-14-17-18-15(20-14)12-5-6-13-11(10-12)7-9-19-13/h5-6,10,16H,2-4,7-9H2,1H3. The van der Waals surface area contributed by atoms with E-state index in [1.165, 1.54) is 5.56 Å². The van der Waals surface area contributed by atoms with E-state index < -0.39 is 0 Å². The van der Waals surface area contributed by atoms with Crippen LogP contribution in [0, 0.1) is 0 Å². The molecule has 1 aliphatic rings. The Morgan fingerprint density at radius 2 is 2.25 bits per heavy atom. The molecule has 0 spiro atoms. The van der Waals surface area contributed by atoms with Gasteiger partial charge in [-0.1, -0.05) is 6.92 Å². The average molecular weight is 273 g/mol. The van der Waals surface area contributed by atoms with Crippen LogP contribution in [0.5, 0.6) is 5.75 Å². The molecule has 0 saturated heterocycles. The number of nitrogens with one attached hydrogen (secondary N) is 1. The van der Waals surface area contributed by atoms with E-state index in [2.05, 4.69) is 28.5 Å². The normalized spacial score (nSPS) is 13.2. The van der Waals surface area contributed by atoms with E-state index in [1.807, 2.05) is 12.1 Å². The Labute approximate surface area is 118 Å². The van der Waals surface area contributed by atoms with Crippen LogP contribution in [0.2, 0.25) is 0 Å². The maximum atomic E-state index is 5.72. The third-order valence-electron chi connectivity index (χ3n) is 3.40. The second-order valence-electron chi connectivity index (χ2n) is 4.88. The molecular formula is C15H19N3O2. The maximum absolute atomic E-state index is 5.72. The summed E-state index contributed by atoms with van der Waals surface area (Å²) in [6.07, 6.45) is 2.77. The first-order valence-electron chi connectivity index (χ1n) is 7.16. The molecule has 106 valence electrons. The molecule has 1 aromatic carbocycles. The highest BCUT2D eigenvalue weighted by atomic mass is 16.5. The molecule has 0 radical (unpaired) electrons. The summed E-state index contributed by atoms with van der Waals surface area (Å²) < 4.78 is 11.2. The zero-order valence-electron chi connectivity index (χ0n) is 11.7. The lowest BCUT2D eigenvalue weighted by Crippen LogP contribution is -2.14. The van der Waals surface area contributed by atoms with E-state index in [1.54, 1.807) is 0 Å². The predicted molar refractivity (Wildman–Crippen MR) is 75.8 cm³/mol. The smallest absolute Gasteiger partial charge is 0.247 e. The first-order chi connectivity index (χ1) is 9.86. The summed E-state index contributed by atoms with van der Waals surface area (Å²) in [6.45, 7) is 4.83. The molecule has 2 heterocycles. The van der Waals surface area contributed by atoms with Gasteiger partial charge in [-0.15, -0.1) is 10.2 Å². The molecule has 5 heteroatoms. The second-order valence-corrected chi connectivity index (χ2v) is 4.88. The van der Waals surface area contributed by atoms with E-state index in [9.17, 15) is 0 Å².